The predicted octanol–water partition coefficient (Wildman–Crippen LogP) is 4.07. The summed E-state index contributed by atoms with van der Waals surface area (Å²) in [6.07, 6.45) is 0.826. The van der Waals surface area contributed by atoms with Crippen LogP contribution in [-0.2, 0) is 4.74 Å². The van der Waals surface area contributed by atoms with E-state index in [0.717, 1.165) is 16.5 Å². The van der Waals surface area contributed by atoms with E-state index < -0.39 is 0 Å². The zero-order valence-corrected chi connectivity index (χ0v) is 12.3. The molecule has 1 heterocycles. The molecular formula is C15H19NO2S. The number of benzene rings is 1. The van der Waals surface area contributed by atoms with Gasteiger partial charge in [0.15, 0.2) is 0 Å². The minimum absolute atomic E-state index is 0.0530. The van der Waals surface area contributed by atoms with Gasteiger partial charge in [-0.25, -0.2) is 4.79 Å². The largest absolute Gasteiger partial charge is 0.458 e. The lowest BCUT2D eigenvalue weighted by molar-refractivity contribution is 0.0305. The van der Waals surface area contributed by atoms with Crippen LogP contribution in [0.25, 0.3) is 10.1 Å². The monoisotopic (exact) mass is 277 g/mol. The summed E-state index contributed by atoms with van der Waals surface area (Å²) in [5.41, 5.74) is 6.44. The lowest BCUT2D eigenvalue weighted by atomic mass is 10.1. The number of esters is 1. The minimum atomic E-state index is -0.243. The molecular weight excluding hydrogens is 258 g/mol. The van der Waals surface area contributed by atoms with Crippen molar-refractivity contribution < 1.29 is 9.53 Å². The Hall–Kier alpha value is -1.55. The third kappa shape index (κ3) is 3.47. The quantitative estimate of drug-likeness (QED) is 0.677. The summed E-state index contributed by atoms with van der Waals surface area (Å²) < 4.78 is 6.50. The highest BCUT2D eigenvalue weighted by molar-refractivity contribution is 7.20. The molecule has 1 aromatic carbocycles. The first-order chi connectivity index (χ1) is 8.95. The first-order valence-electron chi connectivity index (χ1n) is 6.45. The summed E-state index contributed by atoms with van der Waals surface area (Å²) in [5.74, 6) is 0.276. The zero-order valence-electron chi connectivity index (χ0n) is 11.5. The Labute approximate surface area is 117 Å². The fraction of sp³-hybridized carbons (Fsp3) is 0.400. The molecule has 0 radical (unpaired) electrons. The Kier molecular flexibility index (Phi) is 4.10. The Bertz CT molecular complexity index is 589. The topological polar surface area (TPSA) is 52.3 Å². The fourth-order valence-electron chi connectivity index (χ4n) is 2.12. The van der Waals surface area contributed by atoms with Gasteiger partial charge in [0, 0.05) is 10.4 Å². The molecule has 0 aliphatic carbocycles. The van der Waals surface area contributed by atoms with Gasteiger partial charge in [-0.2, -0.15) is 0 Å². The number of anilines is 1. The molecule has 2 aromatic rings. The number of hydrogen-bond donors (Lipinski definition) is 1. The van der Waals surface area contributed by atoms with E-state index in [0.29, 0.717) is 16.5 Å². The standard InChI is InChI=1S/C15H19NO2S/c1-9(2)6-10(3)18-15(17)14-8-11-7-12(16)4-5-13(11)19-14/h4-5,7-10H,6,16H2,1-3H3. The normalized spacial score (nSPS) is 12.8. The van der Waals surface area contributed by atoms with Crippen molar-refractivity contribution in [1.29, 1.82) is 0 Å². The van der Waals surface area contributed by atoms with E-state index in [1.165, 1.54) is 11.3 Å². The summed E-state index contributed by atoms with van der Waals surface area (Å²) in [5, 5.41) is 0.994. The van der Waals surface area contributed by atoms with Crippen molar-refractivity contribution in [1.82, 2.24) is 0 Å². The maximum atomic E-state index is 12.0. The predicted molar refractivity (Wildman–Crippen MR) is 80.6 cm³/mol. The lowest BCUT2D eigenvalue weighted by Crippen LogP contribution is -2.16. The average molecular weight is 277 g/mol. The highest BCUT2D eigenvalue weighted by Crippen LogP contribution is 2.28. The second kappa shape index (κ2) is 5.61. The van der Waals surface area contributed by atoms with Crippen molar-refractivity contribution in [2.75, 3.05) is 5.73 Å². The Morgan fingerprint density at radius 2 is 2.05 bits per heavy atom. The number of carbonyl (C=O) groups is 1. The van der Waals surface area contributed by atoms with Gasteiger partial charge in [0.2, 0.25) is 0 Å². The van der Waals surface area contributed by atoms with E-state index in [1.807, 2.05) is 31.2 Å². The molecule has 2 rings (SSSR count). The van der Waals surface area contributed by atoms with Crippen LogP contribution in [0.15, 0.2) is 24.3 Å². The van der Waals surface area contributed by atoms with E-state index in [4.69, 9.17) is 10.5 Å². The molecule has 4 heteroatoms. The SMILES string of the molecule is CC(C)CC(C)OC(=O)c1cc2cc(N)ccc2s1. The van der Waals surface area contributed by atoms with Crippen molar-refractivity contribution in [3.05, 3.63) is 29.1 Å². The summed E-state index contributed by atoms with van der Waals surface area (Å²) in [7, 11) is 0. The van der Waals surface area contributed by atoms with E-state index in [-0.39, 0.29) is 12.1 Å². The highest BCUT2D eigenvalue weighted by atomic mass is 32.1. The highest BCUT2D eigenvalue weighted by Gasteiger charge is 2.15. The van der Waals surface area contributed by atoms with Crippen molar-refractivity contribution in [3.63, 3.8) is 0 Å². The van der Waals surface area contributed by atoms with Gasteiger partial charge in [-0.05, 0) is 48.9 Å². The number of carbonyl (C=O) groups excluding carboxylic acids is 1. The van der Waals surface area contributed by atoms with Gasteiger partial charge in [-0.3, -0.25) is 0 Å². The van der Waals surface area contributed by atoms with E-state index >= 15 is 0 Å². The van der Waals surface area contributed by atoms with Crippen LogP contribution in [0.4, 0.5) is 5.69 Å². The van der Waals surface area contributed by atoms with Gasteiger partial charge >= 0.3 is 5.97 Å². The Morgan fingerprint density at radius 1 is 1.32 bits per heavy atom. The molecule has 0 bridgehead atoms. The lowest BCUT2D eigenvalue weighted by Gasteiger charge is -2.14. The first kappa shape index (κ1) is 13.9. The van der Waals surface area contributed by atoms with Crippen LogP contribution >= 0.6 is 11.3 Å². The third-order valence-corrected chi connectivity index (χ3v) is 3.95. The molecule has 0 fully saturated rings. The summed E-state index contributed by atoms with van der Waals surface area (Å²) in [4.78, 5) is 12.7. The van der Waals surface area contributed by atoms with Crippen molar-refractivity contribution in [2.24, 2.45) is 5.92 Å². The van der Waals surface area contributed by atoms with Gasteiger partial charge in [0.05, 0.1) is 6.10 Å². The van der Waals surface area contributed by atoms with Gasteiger partial charge in [-0.1, -0.05) is 13.8 Å². The van der Waals surface area contributed by atoms with Crippen LogP contribution in [-0.4, -0.2) is 12.1 Å². The van der Waals surface area contributed by atoms with Crippen molar-refractivity contribution in [2.45, 2.75) is 33.3 Å². The second-order valence-corrected chi connectivity index (χ2v) is 6.34. The van der Waals surface area contributed by atoms with E-state index in [1.54, 1.807) is 0 Å². The average Bonchev–Trinajstić information content (AvgIpc) is 2.70. The number of rotatable bonds is 4. The molecule has 1 aromatic heterocycles. The van der Waals surface area contributed by atoms with E-state index in [2.05, 4.69) is 13.8 Å². The summed E-state index contributed by atoms with van der Waals surface area (Å²) >= 11 is 1.44. The molecule has 102 valence electrons. The molecule has 3 nitrogen and oxygen atoms in total. The van der Waals surface area contributed by atoms with Crippen LogP contribution in [0.5, 0.6) is 0 Å². The number of hydrogen-bond acceptors (Lipinski definition) is 4. The van der Waals surface area contributed by atoms with Gasteiger partial charge in [-0.15, -0.1) is 11.3 Å². The van der Waals surface area contributed by atoms with Gasteiger partial charge < -0.3 is 10.5 Å². The molecule has 0 saturated heterocycles. The first-order valence-corrected chi connectivity index (χ1v) is 7.27. The molecule has 1 unspecified atom stereocenters. The van der Waals surface area contributed by atoms with Crippen LogP contribution in [0, 0.1) is 5.92 Å². The molecule has 2 N–H and O–H groups in total. The smallest absolute Gasteiger partial charge is 0.348 e. The molecule has 0 aliphatic heterocycles. The van der Waals surface area contributed by atoms with Crippen molar-refractivity contribution in [3.8, 4) is 0 Å². The molecule has 0 amide bonds. The maximum absolute atomic E-state index is 12.0. The fourth-order valence-corrected chi connectivity index (χ4v) is 3.04. The Balaban J connectivity index is 2.13. The van der Waals surface area contributed by atoms with Crippen LogP contribution < -0.4 is 5.73 Å². The summed E-state index contributed by atoms with van der Waals surface area (Å²) in [6.45, 7) is 6.17. The molecule has 19 heavy (non-hydrogen) atoms. The zero-order chi connectivity index (χ0) is 14.0. The van der Waals surface area contributed by atoms with Gasteiger partial charge in [0.25, 0.3) is 0 Å². The number of nitrogens with two attached hydrogens (primary N) is 1. The minimum Gasteiger partial charge on any atom is -0.458 e. The number of nitrogen functional groups attached to an aromatic ring is 1. The second-order valence-electron chi connectivity index (χ2n) is 5.25. The van der Waals surface area contributed by atoms with Crippen molar-refractivity contribution >= 4 is 33.1 Å². The van der Waals surface area contributed by atoms with Crippen LogP contribution in [0.3, 0.4) is 0 Å². The van der Waals surface area contributed by atoms with Crippen LogP contribution in [0.1, 0.15) is 36.9 Å². The third-order valence-electron chi connectivity index (χ3n) is 2.85. The maximum Gasteiger partial charge on any atom is 0.348 e. The number of ether oxygens (including phenoxy) is 1. The number of thiophene rings is 1. The molecule has 1 atom stereocenters. The molecule has 0 spiro atoms. The number of fused-ring (bicyclic) bond motifs is 1. The van der Waals surface area contributed by atoms with Gasteiger partial charge in [0.1, 0.15) is 4.88 Å². The Morgan fingerprint density at radius 3 is 2.74 bits per heavy atom. The molecule has 0 saturated carbocycles. The van der Waals surface area contributed by atoms with E-state index in [9.17, 15) is 4.79 Å². The summed E-state index contributed by atoms with van der Waals surface area (Å²) in [6, 6.07) is 7.50. The van der Waals surface area contributed by atoms with Crippen LogP contribution in [0.2, 0.25) is 0 Å². The molecule has 0 aliphatic rings.